The van der Waals surface area contributed by atoms with E-state index < -0.39 is 0 Å². The number of nitrogens with one attached hydrogen (secondary N) is 1. The lowest BCUT2D eigenvalue weighted by Gasteiger charge is -2.32. The third-order valence-electron chi connectivity index (χ3n) is 3.62. The van der Waals surface area contributed by atoms with Gasteiger partial charge in [0.1, 0.15) is 0 Å². The zero-order chi connectivity index (χ0) is 12.4. The Labute approximate surface area is 103 Å². The zero-order valence-electron chi connectivity index (χ0n) is 11.2. The summed E-state index contributed by atoms with van der Waals surface area (Å²) < 4.78 is 7.66. The van der Waals surface area contributed by atoms with E-state index in [1.807, 2.05) is 17.9 Å². The minimum atomic E-state index is 0.367. The Balaban J connectivity index is 1.87. The Hall–Kier alpha value is -0.870. The fraction of sp³-hybridized carbons (Fsp3) is 0.769. The highest BCUT2D eigenvalue weighted by atomic mass is 16.5. The number of aromatic nitrogens is 2. The van der Waals surface area contributed by atoms with Crippen molar-refractivity contribution in [2.45, 2.75) is 58.4 Å². The van der Waals surface area contributed by atoms with E-state index in [1.54, 1.807) is 0 Å². The molecule has 2 rings (SSSR count). The quantitative estimate of drug-likeness (QED) is 0.871. The molecule has 0 bridgehead atoms. The molecule has 1 aromatic rings. The molecule has 0 radical (unpaired) electrons. The summed E-state index contributed by atoms with van der Waals surface area (Å²) in [4.78, 5) is 0. The van der Waals surface area contributed by atoms with E-state index in [1.165, 1.54) is 11.3 Å². The first-order valence-electron chi connectivity index (χ1n) is 6.42. The van der Waals surface area contributed by atoms with Gasteiger partial charge in [0, 0.05) is 30.9 Å². The second-order valence-electron chi connectivity index (χ2n) is 5.19. The highest BCUT2D eigenvalue weighted by molar-refractivity contribution is 5.15. The number of hydrogen-bond acceptors (Lipinski definition) is 3. The lowest BCUT2D eigenvalue weighted by molar-refractivity contribution is -0.0422. The van der Waals surface area contributed by atoms with Crippen LogP contribution in [0.2, 0.25) is 0 Å². The van der Waals surface area contributed by atoms with Crippen molar-refractivity contribution in [1.82, 2.24) is 15.1 Å². The molecule has 1 aliphatic heterocycles. The normalized spacial score (nSPS) is 29.5. The van der Waals surface area contributed by atoms with Crippen LogP contribution in [0.1, 0.15) is 37.9 Å². The summed E-state index contributed by atoms with van der Waals surface area (Å²) >= 11 is 0. The van der Waals surface area contributed by atoms with Gasteiger partial charge in [-0.3, -0.25) is 4.68 Å². The van der Waals surface area contributed by atoms with E-state index in [0.29, 0.717) is 18.2 Å². The molecule has 0 spiro atoms. The molecule has 1 saturated heterocycles. The maximum atomic E-state index is 5.74. The van der Waals surface area contributed by atoms with Gasteiger partial charge in [-0.25, -0.2) is 0 Å². The van der Waals surface area contributed by atoms with Crippen LogP contribution in [-0.2, 0) is 18.3 Å². The van der Waals surface area contributed by atoms with Gasteiger partial charge in [0.05, 0.1) is 18.4 Å². The molecule has 0 amide bonds. The number of rotatable bonds is 3. The van der Waals surface area contributed by atoms with Crippen molar-refractivity contribution < 1.29 is 4.74 Å². The molecule has 1 aromatic heterocycles. The van der Waals surface area contributed by atoms with E-state index in [9.17, 15) is 0 Å². The van der Waals surface area contributed by atoms with E-state index in [2.05, 4.69) is 31.2 Å². The zero-order valence-corrected chi connectivity index (χ0v) is 11.2. The van der Waals surface area contributed by atoms with E-state index in [0.717, 1.165) is 19.4 Å². The van der Waals surface area contributed by atoms with Crippen LogP contribution in [0.5, 0.6) is 0 Å². The van der Waals surface area contributed by atoms with Gasteiger partial charge in [-0.15, -0.1) is 0 Å². The predicted octanol–water partition coefficient (Wildman–Crippen LogP) is 1.77. The summed E-state index contributed by atoms with van der Waals surface area (Å²) in [6.45, 7) is 7.32. The van der Waals surface area contributed by atoms with Gasteiger partial charge in [0.25, 0.3) is 0 Å². The number of hydrogen-bond donors (Lipinski definition) is 1. The van der Waals surface area contributed by atoms with Crippen molar-refractivity contribution in [2.75, 3.05) is 0 Å². The second-order valence-corrected chi connectivity index (χ2v) is 5.19. The SMILES string of the molecule is Cc1c(CNC2CC(C)OC(C)C2)cnn1C. The molecule has 2 atom stereocenters. The highest BCUT2D eigenvalue weighted by Crippen LogP contribution is 2.19. The van der Waals surface area contributed by atoms with Gasteiger partial charge in [0.15, 0.2) is 0 Å². The molecule has 96 valence electrons. The summed E-state index contributed by atoms with van der Waals surface area (Å²) in [6.07, 6.45) is 4.89. The Kier molecular flexibility index (Phi) is 3.84. The van der Waals surface area contributed by atoms with Gasteiger partial charge < -0.3 is 10.1 Å². The van der Waals surface area contributed by atoms with Gasteiger partial charge in [0.2, 0.25) is 0 Å². The molecule has 4 heteroatoms. The molecule has 0 aliphatic carbocycles. The standard InChI is InChI=1S/C13H23N3O/c1-9-5-13(6-10(2)17-9)14-7-12-8-15-16(4)11(12)3/h8-10,13-14H,5-7H2,1-4H3. The first-order valence-corrected chi connectivity index (χ1v) is 6.42. The monoisotopic (exact) mass is 237 g/mol. The van der Waals surface area contributed by atoms with E-state index in [-0.39, 0.29) is 0 Å². The van der Waals surface area contributed by atoms with Crippen LogP contribution in [0.4, 0.5) is 0 Å². The van der Waals surface area contributed by atoms with Crippen molar-refractivity contribution in [1.29, 1.82) is 0 Å². The Morgan fingerprint density at radius 3 is 2.59 bits per heavy atom. The summed E-state index contributed by atoms with van der Waals surface area (Å²) in [5, 5.41) is 7.88. The van der Waals surface area contributed by atoms with Crippen molar-refractivity contribution in [3.8, 4) is 0 Å². The molecule has 2 heterocycles. The molecule has 2 unspecified atom stereocenters. The van der Waals surface area contributed by atoms with Crippen LogP contribution in [0.25, 0.3) is 0 Å². The van der Waals surface area contributed by atoms with Gasteiger partial charge >= 0.3 is 0 Å². The third-order valence-corrected chi connectivity index (χ3v) is 3.62. The molecule has 4 nitrogen and oxygen atoms in total. The van der Waals surface area contributed by atoms with Crippen LogP contribution >= 0.6 is 0 Å². The molecule has 0 saturated carbocycles. The number of aryl methyl sites for hydroxylation is 1. The summed E-state index contributed by atoms with van der Waals surface area (Å²) in [5.74, 6) is 0. The molecule has 0 aromatic carbocycles. The minimum Gasteiger partial charge on any atom is -0.375 e. The molecule has 17 heavy (non-hydrogen) atoms. The molecular formula is C13H23N3O. The largest absolute Gasteiger partial charge is 0.375 e. The lowest BCUT2D eigenvalue weighted by atomic mass is 9.99. The molecule has 1 N–H and O–H groups in total. The van der Waals surface area contributed by atoms with E-state index in [4.69, 9.17) is 4.74 Å². The van der Waals surface area contributed by atoms with Gasteiger partial charge in [-0.2, -0.15) is 5.10 Å². The third kappa shape index (κ3) is 3.07. The Bertz CT molecular complexity index is 365. The van der Waals surface area contributed by atoms with Gasteiger partial charge in [-0.1, -0.05) is 0 Å². The number of nitrogens with zero attached hydrogens (tertiary/aromatic N) is 2. The van der Waals surface area contributed by atoms with Crippen LogP contribution in [0, 0.1) is 6.92 Å². The lowest BCUT2D eigenvalue weighted by Crippen LogP contribution is -2.41. The molecular weight excluding hydrogens is 214 g/mol. The summed E-state index contributed by atoms with van der Waals surface area (Å²) in [6, 6.07) is 0.563. The first-order chi connectivity index (χ1) is 8.06. The highest BCUT2D eigenvalue weighted by Gasteiger charge is 2.24. The van der Waals surface area contributed by atoms with Crippen LogP contribution < -0.4 is 5.32 Å². The fourth-order valence-corrected chi connectivity index (χ4v) is 2.54. The minimum absolute atomic E-state index is 0.367. The van der Waals surface area contributed by atoms with Crippen molar-refractivity contribution in [2.24, 2.45) is 7.05 Å². The summed E-state index contributed by atoms with van der Waals surface area (Å²) in [5.41, 5.74) is 2.53. The number of ether oxygens (including phenoxy) is 1. The maximum Gasteiger partial charge on any atom is 0.0565 e. The molecule has 1 aliphatic rings. The maximum absolute atomic E-state index is 5.74. The Morgan fingerprint density at radius 1 is 1.41 bits per heavy atom. The smallest absolute Gasteiger partial charge is 0.0565 e. The van der Waals surface area contributed by atoms with Gasteiger partial charge in [-0.05, 0) is 33.6 Å². The second kappa shape index (κ2) is 5.19. The predicted molar refractivity (Wildman–Crippen MR) is 67.8 cm³/mol. The van der Waals surface area contributed by atoms with E-state index >= 15 is 0 Å². The van der Waals surface area contributed by atoms with Crippen LogP contribution in [0.3, 0.4) is 0 Å². The average Bonchev–Trinajstić information content (AvgIpc) is 2.56. The molecule has 1 fully saturated rings. The first kappa shape index (κ1) is 12.6. The van der Waals surface area contributed by atoms with Crippen LogP contribution in [-0.4, -0.2) is 28.0 Å². The topological polar surface area (TPSA) is 39.1 Å². The van der Waals surface area contributed by atoms with Crippen molar-refractivity contribution in [3.63, 3.8) is 0 Å². The average molecular weight is 237 g/mol. The van der Waals surface area contributed by atoms with Crippen LogP contribution in [0.15, 0.2) is 6.20 Å². The Morgan fingerprint density at radius 2 is 2.06 bits per heavy atom. The fourth-order valence-electron chi connectivity index (χ4n) is 2.54. The summed E-state index contributed by atoms with van der Waals surface area (Å²) in [7, 11) is 1.98. The van der Waals surface area contributed by atoms with Crippen molar-refractivity contribution in [3.05, 3.63) is 17.5 Å². The van der Waals surface area contributed by atoms with Crippen molar-refractivity contribution >= 4 is 0 Å².